The van der Waals surface area contributed by atoms with Crippen molar-refractivity contribution in [2.24, 2.45) is 0 Å². The topological polar surface area (TPSA) is 46.3 Å². The third-order valence-electron chi connectivity index (χ3n) is 2.66. The molecule has 0 saturated carbocycles. The minimum atomic E-state index is -0.584. The van der Waals surface area contributed by atoms with Gasteiger partial charge in [0.05, 0.1) is 0 Å². The highest BCUT2D eigenvalue weighted by atomic mass is 32.2. The second-order valence-electron chi connectivity index (χ2n) is 3.87. The van der Waals surface area contributed by atoms with E-state index in [1.54, 1.807) is 0 Å². The van der Waals surface area contributed by atoms with Crippen LogP contribution in [0.3, 0.4) is 0 Å². The van der Waals surface area contributed by atoms with Crippen LogP contribution in [0.2, 0.25) is 0 Å². The van der Waals surface area contributed by atoms with Gasteiger partial charge in [0.1, 0.15) is 0 Å². The van der Waals surface area contributed by atoms with Crippen molar-refractivity contribution in [2.45, 2.75) is 20.4 Å². The maximum absolute atomic E-state index is 11.2. The number of hydrogen-bond acceptors (Lipinski definition) is 3. The number of anilines is 1. The smallest absolute Gasteiger partial charge is 0.0363 e. The van der Waals surface area contributed by atoms with Gasteiger partial charge < -0.3 is 5.73 Å². The van der Waals surface area contributed by atoms with Crippen molar-refractivity contribution in [3.8, 4) is 0 Å². The van der Waals surface area contributed by atoms with Gasteiger partial charge in [0, 0.05) is 47.6 Å². The standard InChI is InChI=1S/C11H16N2OS.C2H6/c12-11-3-1-10(2-4-11)9-13-5-7-15(14)8-6-13;1-2/h1-4H,5-9,12H2;1-2H3. The Morgan fingerprint density at radius 2 is 1.71 bits per heavy atom. The van der Waals surface area contributed by atoms with Crippen LogP contribution in [0.1, 0.15) is 19.4 Å². The van der Waals surface area contributed by atoms with Gasteiger partial charge >= 0.3 is 0 Å². The van der Waals surface area contributed by atoms with Crippen LogP contribution in [0.4, 0.5) is 5.69 Å². The largest absolute Gasteiger partial charge is 0.399 e. The lowest BCUT2D eigenvalue weighted by molar-refractivity contribution is 0.291. The Bertz CT molecular complexity index is 341. The Morgan fingerprint density at radius 3 is 2.24 bits per heavy atom. The first kappa shape index (κ1) is 14.2. The summed E-state index contributed by atoms with van der Waals surface area (Å²) in [5.74, 6) is 1.63. The zero-order valence-electron chi connectivity index (χ0n) is 10.7. The molecule has 0 radical (unpaired) electrons. The van der Waals surface area contributed by atoms with Crippen LogP contribution in [0.5, 0.6) is 0 Å². The highest BCUT2D eigenvalue weighted by molar-refractivity contribution is 7.85. The first-order valence-corrected chi connectivity index (χ1v) is 7.64. The molecule has 1 heterocycles. The van der Waals surface area contributed by atoms with Crippen LogP contribution >= 0.6 is 0 Å². The predicted molar refractivity (Wildman–Crippen MR) is 75.4 cm³/mol. The molecular formula is C13H22N2OS. The molecule has 1 aliphatic rings. The lowest BCUT2D eigenvalue weighted by Gasteiger charge is -2.26. The molecule has 2 N–H and O–H groups in total. The van der Waals surface area contributed by atoms with Crippen LogP contribution < -0.4 is 5.73 Å². The Balaban J connectivity index is 0.000000686. The van der Waals surface area contributed by atoms with Gasteiger partial charge in [0.25, 0.3) is 0 Å². The number of rotatable bonds is 2. The van der Waals surface area contributed by atoms with Crippen LogP contribution in [0.15, 0.2) is 24.3 Å². The summed E-state index contributed by atoms with van der Waals surface area (Å²) in [5, 5.41) is 0. The Morgan fingerprint density at radius 1 is 1.18 bits per heavy atom. The summed E-state index contributed by atoms with van der Waals surface area (Å²) >= 11 is 0. The average molecular weight is 254 g/mol. The van der Waals surface area contributed by atoms with Gasteiger partial charge in [-0.3, -0.25) is 9.11 Å². The van der Waals surface area contributed by atoms with Crippen LogP contribution in [-0.4, -0.2) is 33.7 Å². The zero-order valence-corrected chi connectivity index (χ0v) is 11.5. The highest BCUT2D eigenvalue weighted by Gasteiger charge is 2.14. The zero-order chi connectivity index (χ0) is 12.7. The molecule has 17 heavy (non-hydrogen) atoms. The molecule has 1 aliphatic heterocycles. The lowest BCUT2D eigenvalue weighted by atomic mass is 10.2. The van der Waals surface area contributed by atoms with Crippen molar-refractivity contribution >= 4 is 16.5 Å². The predicted octanol–water partition coefficient (Wildman–Crippen LogP) is 1.86. The average Bonchev–Trinajstić information content (AvgIpc) is 2.37. The van der Waals surface area contributed by atoms with E-state index in [2.05, 4.69) is 17.0 Å². The van der Waals surface area contributed by atoms with E-state index >= 15 is 0 Å². The molecule has 0 amide bonds. The van der Waals surface area contributed by atoms with E-state index in [1.807, 2.05) is 26.0 Å². The molecular weight excluding hydrogens is 232 g/mol. The van der Waals surface area contributed by atoms with Gasteiger partial charge in [-0.2, -0.15) is 0 Å². The highest BCUT2D eigenvalue weighted by Crippen LogP contribution is 2.10. The third-order valence-corrected chi connectivity index (χ3v) is 3.93. The maximum atomic E-state index is 11.2. The lowest BCUT2D eigenvalue weighted by Crippen LogP contribution is -2.37. The maximum Gasteiger partial charge on any atom is 0.0363 e. The van der Waals surface area contributed by atoms with Crippen molar-refractivity contribution in [1.29, 1.82) is 0 Å². The summed E-state index contributed by atoms with van der Waals surface area (Å²) in [6.07, 6.45) is 0. The van der Waals surface area contributed by atoms with E-state index in [0.717, 1.165) is 36.8 Å². The van der Waals surface area contributed by atoms with Crippen molar-refractivity contribution in [3.63, 3.8) is 0 Å². The molecule has 2 rings (SSSR count). The van der Waals surface area contributed by atoms with Gasteiger partial charge in [-0.15, -0.1) is 0 Å². The first-order chi connectivity index (χ1) is 8.24. The van der Waals surface area contributed by atoms with E-state index in [-0.39, 0.29) is 0 Å². The summed E-state index contributed by atoms with van der Waals surface area (Å²) in [4.78, 5) is 2.34. The van der Waals surface area contributed by atoms with Crippen molar-refractivity contribution < 1.29 is 4.21 Å². The summed E-state index contributed by atoms with van der Waals surface area (Å²) in [5.41, 5.74) is 7.70. The van der Waals surface area contributed by atoms with Gasteiger partial charge in [-0.05, 0) is 17.7 Å². The molecule has 3 nitrogen and oxygen atoms in total. The van der Waals surface area contributed by atoms with Crippen LogP contribution in [0.25, 0.3) is 0 Å². The molecule has 4 heteroatoms. The second kappa shape index (κ2) is 7.45. The van der Waals surface area contributed by atoms with Gasteiger partial charge in [-0.1, -0.05) is 26.0 Å². The number of nitrogens with zero attached hydrogens (tertiary/aromatic N) is 1. The second-order valence-corrected chi connectivity index (χ2v) is 5.56. The number of benzene rings is 1. The molecule has 96 valence electrons. The Kier molecular flexibility index (Phi) is 6.22. The molecule has 0 aliphatic carbocycles. The van der Waals surface area contributed by atoms with Crippen molar-refractivity contribution in [1.82, 2.24) is 4.90 Å². The molecule has 1 saturated heterocycles. The summed E-state index contributed by atoms with van der Waals surface area (Å²) < 4.78 is 11.2. The van der Waals surface area contributed by atoms with Crippen LogP contribution in [-0.2, 0) is 17.3 Å². The van der Waals surface area contributed by atoms with E-state index < -0.39 is 10.8 Å². The van der Waals surface area contributed by atoms with E-state index in [9.17, 15) is 4.21 Å². The number of nitrogen functional groups attached to an aromatic ring is 1. The van der Waals surface area contributed by atoms with Gasteiger partial charge in [-0.25, -0.2) is 0 Å². The van der Waals surface area contributed by atoms with Crippen molar-refractivity contribution in [3.05, 3.63) is 29.8 Å². The minimum absolute atomic E-state index is 0.584. The normalized spacial score (nSPS) is 17.3. The minimum Gasteiger partial charge on any atom is -0.399 e. The molecule has 0 spiro atoms. The first-order valence-electron chi connectivity index (χ1n) is 6.16. The van der Waals surface area contributed by atoms with E-state index in [0.29, 0.717) is 0 Å². The summed E-state index contributed by atoms with van der Waals surface area (Å²) in [7, 11) is -0.584. The van der Waals surface area contributed by atoms with Crippen LogP contribution in [0, 0.1) is 0 Å². The number of hydrogen-bond donors (Lipinski definition) is 1. The fourth-order valence-corrected chi connectivity index (χ4v) is 2.84. The van der Waals surface area contributed by atoms with E-state index in [1.165, 1.54) is 5.56 Å². The molecule has 0 atom stereocenters. The molecule has 0 aromatic heterocycles. The molecule has 1 aromatic carbocycles. The third kappa shape index (κ3) is 4.88. The fraction of sp³-hybridized carbons (Fsp3) is 0.538. The molecule has 0 bridgehead atoms. The van der Waals surface area contributed by atoms with Gasteiger partial charge in [0.2, 0.25) is 0 Å². The monoisotopic (exact) mass is 254 g/mol. The van der Waals surface area contributed by atoms with Crippen molar-refractivity contribution in [2.75, 3.05) is 30.3 Å². The van der Waals surface area contributed by atoms with Gasteiger partial charge in [0.15, 0.2) is 0 Å². The molecule has 0 unspecified atom stereocenters. The Labute approximate surface area is 106 Å². The number of nitrogens with two attached hydrogens (primary N) is 1. The Hall–Kier alpha value is -0.870. The fourth-order valence-electron chi connectivity index (χ4n) is 1.72. The van der Waals surface area contributed by atoms with E-state index in [4.69, 9.17) is 5.73 Å². The molecule has 1 fully saturated rings. The SMILES string of the molecule is CC.Nc1ccc(CN2CCS(=O)CC2)cc1. The molecule has 1 aromatic rings. The summed E-state index contributed by atoms with van der Waals surface area (Å²) in [6, 6.07) is 7.97. The quantitative estimate of drug-likeness (QED) is 0.819. The summed E-state index contributed by atoms with van der Waals surface area (Å²) in [6.45, 7) is 6.82.